The van der Waals surface area contributed by atoms with Crippen molar-refractivity contribution in [3.05, 3.63) is 0 Å². The van der Waals surface area contributed by atoms with Crippen LogP contribution in [0, 0.1) is 0 Å². The Morgan fingerprint density at radius 1 is 1.89 bits per heavy atom. The first-order valence-corrected chi connectivity index (χ1v) is 4.27. The fraction of sp³-hybridized carbons (Fsp3) is 0.600. The number of thioether (sulfide) groups is 1. The van der Waals surface area contributed by atoms with Crippen molar-refractivity contribution < 1.29 is 0 Å². The molecule has 0 aromatic carbocycles. The van der Waals surface area contributed by atoms with E-state index < -0.39 is 0 Å². The maximum absolute atomic E-state index is 5.70. The smallest absolute Gasteiger partial charge is 0.183 e. The van der Waals surface area contributed by atoms with Crippen molar-refractivity contribution in [1.82, 2.24) is 0 Å². The molecule has 0 bridgehead atoms. The van der Waals surface area contributed by atoms with Gasteiger partial charge in [-0.25, -0.2) is 9.98 Å². The molecule has 0 aromatic heterocycles. The highest BCUT2D eigenvalue weighted by atomic mass is 35.5. The van der Waals surface area contributed by atoms with Crippen molar-refractivity contribution in [2.45, 2.75) is 11.9 Å². The summed E-state index contributed by atoms with van der Waals surface area (Å²) in [6.45, 7) is 0. The zero-order valence-corrected chi connectivity index (χ0v) is 6.61. The highest BCUT2D eigenvalue weighted by Crippen LogP contribution is 2.11. The summed E-state index contributed by atoms with van der Waals surface area (Å²) in [5, 5.41) is 0.779. The number of amidine groups is 1. The Balaban J connectivity index is 2.59. The first kappa shape index (κ1) is 7.09. The van der Waals surface area contributed by atoms with E-state index in [1.165, 1.54) is 11.8 Å². The molecule has 0 radical (unpaired) electrons. The van der Waals surface area contributed by atoms with Gasteiger partial charge in [0.15, 0.2) is 5.17 Å². The number of rotatable bonds is 0. The van der Waals surface area contributed by atoms with E-state index in [0.717, 1.165) is 11.6 Å². The molecule has 9 heavy (non-hydrogen) atoms. The number of hydrogen-bond acceptors (Lipinski definition) is 3. The average molecular weight is 163 g/mol. The minimum atomic E-state index is -0.0926. The predicted octanol–water partition coefficient (Wildman–Crippen LogP) is 1.74. The third kappa shape index (κ3) is 1.99. The molecule has 0 saturated carbocycles. The number of alkyl halides is 1. The maximum atomic E-state index is 5.70. The summed E-state index contributed by atoms with van der Waals surface area (Å²) in [6.07, 6.45) is 4.49. The number of halogens is 1. The average Bonchev–Trinajstić information content (AvgIpc) is 1.88. The van der Waals surface area contributed by atoms with E-state index in [0.29, 0.717) is 0 Å². The fourth-order valence-electron chi connectivity index (χ4n) is 0.529. The molecule has 1 heterocycles. The van der Waals surface area contributed by atoms with E-state index in [-0.39, 0.29) is 5.50 Å². The van der Waals surface area contributed by atoms with Crippen LogP contribution >= 0.6 is 23.4 Å². The molecule has 1 aliphatic rings. The van der Waals surface area contributed by atoms with Gasteiger partial charge in [-0.3, -0.25) is 0 Å². The molecule has 0 fully saturated rings. The van der Waals surface area contributed by atoms with Gasteiger partial charge in [0, 0.05) is 12.6 Å². The quantitative estimate of drug-likeness (QED) is 0.394. The molecule has 0 aliphatic carbocycles. The van der Waals surface area contributed by atoms with Crippen molar-refractivity contribution in [1.29, 1.82) is 0 Å². The van der Waals surface area contributed by atoms with Crippen LogP contribution in [-0.4, -0.2) is 23.1 Å². The Hall–Kier alpha value is -0.0200. The standard InChI is InChI=1S/C5H7ClN2S/c1-9-5-7-3-2-4(6)8-5/h3-4H,2H2,1H3. The van der Waals surface area contributed by atoms with Crippen LogP contribution in [0.4, 0.5) is 0 Å². The summed E-state index contributed by atoms with van der Waals surface area (Å²) < 4.78 is 0. The Labute approximate surface area is 63.4 Å². The fourth-order valence-corrected chi connectivity index (χ4v) is 1.17. The van der Waals surface area contributed by atoms with Gasteiger partial charge < -0.3 is 0 Å². The summed E-state index contributed by atoms with van der Waals surface area (Å²) in [5.41, 5.74) is -0.0926. The summed E-state index contributed by atoms with van der Waals surface area (Å²) in [6, 6.07) is 0. The molecular formula is C5H7ClN2S. The van der Waals surface area contributed by atoms with E-state index in [1.54, 1.807) is 6.21 Å². The van der Waals surface area contributed by atoms with Crippen LogP contribution in [0.25, 0.3) is 0 Å². The first-order chi connectivity index (χ1) is 4.33. The maximum Gasteiger partial charge on any atom is 0.183 e. The SMILES string of the molecule is CSC1=NC(Cl)CC=N1. The summed E-state index contributed by atoms with van der Waals surface area (Å²) >= 11 is 7.22. The number of aliphatic imine (C=N–C) groups is 2. The number of hydrogen-bond donors (Lipinski definition) is 0. The molecule has 2 nitrogen and oxygen atoms in total. The number of nitrogens with zero attached hydrogens (tertiary/aromatic N) is 2. The minimum absolute atomic E-state index is 0.0926. The molecule has 0 saturated heterocycles. The van der Waals surface area contributed by atoms with Crippen LogP contribution in [0.2, 0.25) is 0 Å². The van der Waals surface area contributed by atoms with E-state index in [2.05, 4.69) is 9.98 Å². The molecule has 1 atom stereocenters. The summed E-state index contributed by atoms with van der Waals surface area (Å²) in [5.74, 6) is 0. The van der Waals surface area contributed by atoms with Gasteiger partial charge in [0.05, 0.1) is 0 Å². The van der Waals surface area contributed by atoms with Gasteiger partial charge in [0.1, 0.15) is 5.50 Å². The van der Waals surface area contributed by atoms with Gasteiger partial charge in [0.25, 0.3) is 0 Å². The van der Waals surface area contributed by atoms with Gasteiger partial charge in [-0.1, -0.05) is 23.4 Å². The van der Waals surface area contributed by atoms with Gasteiger partial charge >= 0.3 is 0 Å². The van der Waals surface area contributed by atoms with E-state index >= 15 is 0 Å². The summed E-state index contributed by atoms with van der Waals surface area (Å²) in [4.78, 5) is 8.05. The zero-order valence-electron chi connectivity index (χ0n) is 5.04. The third-order valence-corrected chi connectivity index (χ3v) is 1.79. The molecule has 0 spiro atoms. The molecule has 0 aromatic rings. The second-order valence-corrected chi connectivity index (χ2v) is 2.87. The lowest BCUT2D eigenvalue weighted by atomic mass is 10.4. The van der Waals surface area contributed by atoms with Crippen LogP contribution in [0.15, 0.2) is 9.98 Å². The molecule has 4 heteroatoms. The molecular weight excluding hydrogens is 156 g/mol. The Morgan fingerprint density at radius 2 is 2.67 bits per heavy atom. The van der Waals surface area contributed by atoms with Crippen molar-refractivity contribution >= 4 is 34.7 Å². The van der Waals surface area contributed by atoms with Crippen LogP contribution in [0.1, 0.15) is 6.42 Å². The zero-order chi connectivity index (χ0) is 6.69. The van der Waals surface area contributed by atoms with Crippen LogP contribution < -0.4 is 0 Å². The lowest BCUT2D eigenvalue weighted by molar-refractivity contribution is 0.952. The van der Waals surface area contributed by atoms with Gasteiger partial charge in [-0.2, -0.15) is 0 Å². The molecule has 50 valence electrons. The third-order valence-electron chi connectivity index (χ3n) is 0.935. The largest absolute Gasteiger partial charge is 0.241 e. The molecule has 1 unspecified atom stereocenters. The minimum Gasteiger partial charge on any atom is -0.241 e. The Morgan fingerprint density at radius 3 is 3.11 bits per heavy atom. The van der Waals surface area contributed by atoms with Crippen molar-refractivity contribution in [2.75, 3.05) is 6.26 Å². The highest BCUT2D eigenvalue weighted by molar-refractivity contribution is 8.13. The van der Waals surface area contributed by atoms with E-state index in [1.807, 2.05) is 6.26 Å². The van der Waals surface area contributed by atoms with E-state index in [4.69, 9.17) is 11.6 Å². The van der Waals surface area contributed by atoms with Crippen LogP contribution in [0.5, 0.6) is 0 Å². The van der Waals surface area contributed by atoms with Gasteiger partial charge in [-0.05, 0) is 6.26 Å². The van der Waals surface area contributed by atoms with Gasteiger partial charge in [0.2, 0.25) is 0 Å². The predicted molar refractivity (Wildman–Crippen MR) is 43.7 cm³/mol. The van der Waals surface area contributed by atoms with E-state index in [9.17, 15) is 0 Å². The monoisotopic (exact) mass is 162 g/mol. The molecule has 0 N–H and O–H groups in total. The molecule has 1 aliphatic heterocycles. The van der Waals surface area contributed by atoms with Crippen molar-refractivity contribution in [3.8, 4) is 0 Å². The van der Waals surface area contributed by atoms with Crippen molar-refractivity contribution in [3.63, 3.8) is 0 Å². The second-order valence-electron chi connectivity index (χ2n) is 1.60. The van der Waals surface area contributed by atoms with Crippen molar-refractivity contribution in [2.24, 2.45) is 9.98 Å². The highest BCUT2D eigenvalue weighted by Gasteiger charge is 2.05. The second kappa shape index (κ2) is 3.22. The Bertz CT molecular complexity index is 155. The van der Waals surface area contributed by atoms with Crippen LogP contribution in [0.3, 0.4) is 0 Å². The molecule has 0 amide bonds. The van der Waals surface area contributed by atoms with Gasteiger partial charge in [-0.15, -0.1) is 0 Å². The lowest BCUT2D eigenvalue weighted by Crippen LogP contribution is -2.04. The van der Waals surface area contributed by atoms with Crippen LogP contribution in [-0.2, 0) is 0 Å². The molecule has 1 rings (SSSR count). The Kier molecular flexibility index (Phi) is 2.54. The first-order valence-electron chi connectivity index (χ1n) is 2.61. The topological polar surface area (TPSA) is 24.7 Å². The lowest BCUT2D eigenvalue weighted by Gasteiger charge is -2.05. The summed E-state index contributed by atoms with van der Waals surface area (Å²) in [7, 11) is 0. The normalized spacial score (nSPS) is 26.0.